The minimum Gasteiger partial charge on any atom is -0.405 e. The van der Waals surface area contributed by atoms with Gasteiger partial charge in [0.1, 0.15) is 5.75 Å². The number of halogens is 3. The zero-order chi connectivity index (χ0) is 15.6. The highest BCUT2D eigenvalue weighted by Gasteiger charge is 2.32. The SMILES string of the molecule is CC(=O)c1cc(-c2ccccc2OC(F)(F)F)ccc1C. The van der Waals surface area contributed by atoms with Gasteiger partial charge in [-0.05, 0) is 37.1 Å². The Morgan fingerprint density at radius 2 is 1.76 bits per heavy atom. The van der Waals surface area contributed by atoms with E-state index in [1.54, 1.807) is 31.2 Å². The average molecular weight is 294 g/mol. The molecule has 0 bridgehead atoms. The van der Waals surface area contributed by atoms with Crippen molar-refractivity contribution >= 4 is 5.78 Å². The van der Waals surface area contributed by atoms with Crippen LogP contribution < -0.4 is 4.74 Å². The van der Waals surface area contributed by atoms with E-state index in [0.29, 0.717) is 11.1 Å². The van der Waals surface area contributed by atoms with E-state index in [2.05, 4.69) is 4.74 Å². The maximum Gasteiger partial charge on any atom is 0.573 e. The van der Waals surface area contributed by atoms with Gasteiger partial charge in [-0.3, -0.25) is 4.79 Å². The number of carbonyl (C=O) groups excluding carboxylic acids is 1. The summed E-state index contributed by atoms with van der Waals surface area (Å²) in [6.45, 7) is 3.20. The van der Waals surface area contributed by atoms with Gasteiger partial charge < -0.3 is 4.74 Å². The number of ether oxygens (including phenoxy) is 1. The number of hydrogen-bond acceptors (Lipinski definition) is 2. The molecule has 2 aromatic rings. The highest BCUT2D eigenvalue weighted by molar-refractivity contribution is 5.97. The second-order valence-electron chi connectivity index (χ2n) is 4.63. The maximum absolute atomic E-state index is 12.4. The van der Waals surface area contributed by atoms with Crippen LogP contribution in [-0.4, -0.2) is 12.1 Å². The topological polar surface area (TPSA) is 26.3 Å². The number of ketones is 1. The molecular weight excluding hydrogens is 281 g/mol. The Kier molecular flexibility index (Phi) is 4.02. The van der Waals surface area contributed by atoms with Crippen LogP contribution in [0.25, 0.3) is 11.1 Å². The number of Topliss-reactive ketones (excluding diaryl/α,β-unsaturated/α-hetero) is 1. The molecule has 0 atom stereocenters. The van der Waals surface area contributed by atoms with Crippen LogP contribution in [0.3, 0.4) is 0 Å². The third kappa shape index (κ3) is 3.62. The molecule has 5 heteroatoms. The average Bonchev–Trinajstić information content (AvgIpc) is 2.38. The number of para-hydroxylation sites is 1. The van der Waals surface area contributed by atoms with E-state index in [0.717, 1.165) is 5.56 Å². The van der Waals surface area contributed by atoms with E-state index in [4.69, 9.17) is 0 Å². The van der Waals surface area contributed by atoms with E-state index < -0.39 is 6.36 Å². The van der Waals surface area contributed by atoms with Crippen molar-refractivity contribution in [2.45, 2.75) is 20.2 Å². The molecule has 0 amide bonds. The third-order valence-electron chi connectivity index (χ3n) is 3.04. The summed E-state index contributed by atoms with van der Waals surface area (Å²) in [5.41, 5.74) is 2.05. The Labute approximate surface area is 120 Å². The van der Waals surface area contributed by atoms with Gasteiger partial charge in [0.15, 0.2) is 5.78 Å². The van der Waals surface area contributed by atoms with Crippen molar-refractivity contribution in [3.63, 3.8) is 0 Å². The highest BCUT2D eigenvalue weighted by atomic mass is 19.4. The monoisotopic (exact) mass is 294 g/mol. The number of carbonyl (C=O) groups is 1. The van der Waals surface area contributed by atoms with Crippen LogP contribution in [0.1, 0.15) is 22.8 Å². The van der Waals surface area contributed by atoms with Crippen molar-refractivity contribution < 1.29 is 22.7 Å². The number of rotatable bonds is 3. The van der Waals surface area contributed by atoms with Gasteiger partial charge >= 0.3 is 6.36 Å². The first kappa shape index (κ1) is 15.1. The minimum atomic E-state index is -4.76. The lowest BCUT2D eigenvalue weighted by molar-refractivity contribution is -0.274. The quantitative estimate of drug-likeness (QED) is 0.763. The van der Waals surface area contributed by atoms with Crippen molar-refractivity contribution in [3.8, 4) is 16.9 Å². The standard InChI is InChI=1S/C16H13F3O2/c1-10-7-8-12(9-14(10)11(2)20)13-5-3-4-6-15(13)21-16(17,18)19/h3-9H,1-2H3. The first-order chi connectivity index (χ1) is 9.78. The van der Waals surface area contributed by atoms with Crippen molar-refractivity contribution in [1.29, 1.82) is 0 Å². The molecule has 0 radical (unpaired) electrons. The summed E-state index contributed by atoms with van der Waals surface area (Å²) < 4.78 is 41.3. The van der Waals surface area contributed by atoms with Crippen molar-refractivity contribution in [2.24, 2.45) is 0 Å². The lowest BCUT2D eigenvalue weighted by atomic mass is 9.97. The third-order valence-corrected chi connectivity index (χ3v) is 3.04. The Morgan fingerprint density at radius 1 is 1.10 bits per heavy atom. The molecule has 0 spiro atoms. The zero-order valence-corrected chi connectivity index (χ0v) is 11.5. The predicted molar refractivity (Wildman–Crippen MR) is 73.3 cm³/mol. The predicted octanol–water partition coefficient (Wildman–Crippen LogP) is 4.76. The highest BCUT2D eigenvalue weighted by Crippen LogP contribution is 2.34. The molecule has 0 aliphatic rings. The Hall–Kier alpha value is -2.30. The Morgan fingerprint density at radius 3 is 2.38 bits per heavy atom. The fourth-order valence-corrected chi connectivity index (χ4v) is 2.09. The zero-order valence-electron chi connectivity index (χ0n) is 11.5. The molecule has 0 N–H and O–H groups in total. The van der Waals surface area contributed by atoms with Crippen LogP contribution in [0.2, 0.25) is 0 Å². The molecule has 0 aliphatic carbocycles. The van der Waals surface area contributed by atoms with Gasteiger partial charge in [-0.2, -0.15) is 0 Å². The van der Waals surface area contributed by atoms with Gasteiger partial charge in [0.05, 0.1) is 0 Å². The molecule has 0 saturated carbocycles. The van der Waals surface area contributed by atoms with E-state index >= 15 is 0 Å². The second-order valence-corrected chi connectivity index (χ2v) is 4.63. The molecule has 2 rings (SSSR count). The molecule has 0 unspecified atom stereocenters. The Bertz CT molecular complexity index is 675. The largest absolute Gasteiger partial charge is 0.573 e. The summed E-state index contributed by atoms with van der Waals surface area (Å²) in [4.78, 5) is 11.6. The van der Waals surface area contributed by atoms with E-state index in [-0.39, 0.29) is 17.1 Å². The van der Waals surface area contributed by atoms with Crippen LogP contribution >= 0.6 is 0 Å². The first-order valence-corrected chi connectivity index (χ1v) is 6.24. The van der Waals surface area contributed by atoms with Crippen LogP contribution in [-0.2, 0) is 0 Å². The molecule has 0 heterocycles. The fourth-order valence-electron chi connectivity index (χ4n) is 2.09. The second kappa shape index (κ2) is 5.60. The van der Waals surface area contributed by atoms with Crippen LogP contribution in [0.4, 0.5) is 13.2 Å². The lowest BCUT2D eigenvalue weighted by Crippen LogP contribution is -2.17. The smallest absolute Gasteiger partial charge is 0.405 e. The van der Waals surface area contributed by atoms with E-state index in [1.165, 1.54) is 25.1 Å². The van der Waals surface area contributed by atoms with E-state index in [1.807, 2.05) is 0 Å². The van der Waals surface area contributed by atoms with Gasteiger partial charge in [-0.15, -0.1) is 13.2 Å². The maximum atomic E-state index is 12.4. The molecule has 21 heavy (non-hydrogen) atoms. The molecular formula is C16H13F3O2. The van der Waals surface area contributed by atoms with Gasteiger partial charge in [-0.1, -0.05) is 30.3 Å². The lowest BCUT2D eigenvalue weighted by Gasteiger charge is -2.14. The van der Waals surface area contributed by atoms with Crippen LogP contribution in [0.15, 0.2) is 42.5 Å². The Balaban J connectivity index is 2.52. The first-order valence-electron chi connectivity index (χ1n) is 6.24. The molecule has 0 fully saturated rings. The fraction of sp³-hybridized carbons (Fsp3) is 0.188. The van der Waals surface area contributed by atoms with Crippen LogP contribution in [0, 0.1) is 6.92 Å². The molecule has 0 aliphatic heterocycles. The van der Waals surface area contributed by atoms with Gasteiger partial charge in [-0.25, -0.2) is 0 Å². The molecule has 0 aromatic heterocycles. The summed E-state index contributed by atoms with van der Waals surface area (Å²) in [6, 6.07) is 10.8. The van der Waals surface area contributed by atoms with E-state index in [9.17, 15) is 18.0 Å². The van der Waals surface area contributed by atoms with Gasteiger partial charge in [0.25, 0.3) is 0 Å². The summed E-state index contributed by atoms with van der Waals surface area (Å²) >= 11 is 0. The number of hydrogen-bond donors (Lipinski definition) is 0. The summed E-state index contributed by atoms with van der Waals surface area (Å²) in [5.74, 6) is -0.424. The molecule has 2 nitrogen and oxygen atoms in total. The number of benzene rings is 2. The summed E-state index contributed by atoms with van der Waals surface area (Å²) in [7, 11) is 0. The van der Waals surface area contributed by atoms with Crippen molar-refractivity contribution in [1.82, 2.24) is 0 Å². The minimum absolute atomic E-state index is 0.136. The number of alkyl halides is 3. The normalized spacial score (nSPS) is 11.3. The van der Waals surface area contributed by atoms with Gasteiger partial charge in [0, 0.05) is 11.1 Å². The molecule has 110 valence electrons. The molecule has 2 aromatic carbocycles. The van der Waals surface area contributed by atoms with Crippen LogP contribution in [0.5, 0.6) is 5.75 Å². The van der Waals surface area contributed by atoms with Crippen molar-refractivity contribution in [3.05, 3.63) is 53.6 Å². The summed E-state index contributed by atoms with van der Waals surface area (Å²) in [5, 5.41) is 0. The number of aryl methyl sites for hydroxylation is 1. The van der Waals surface area contributed by atoms with Gasteiger partial charge in [0.2, 0.25) is 0 Å². The summed E-state index contributed by atoms with van der Waals surface area (Å²) in [6.07, 6.45) is -4.76. The molecule has 0 saturated heterocycles. The van der Waals surface area contributed by atoms with Crippen molar-refractivity contribution in [2.75, 3.05) is 0 Å².